The van der Waals surface area contributed by atoms with E-state index in [4.69, 9.17) is 4.74 Å². The van der Waals surface area contributed by atoms with Crippen LogP contribution in [0.25, 0.3) is 0 Å². The van der Waals surface area contributed by atoms with E-state index >= 15 is 0 Å². The Bertz CT molecular complexity index is 462. The molecule has 1 N–H and O–H groups in total. The van der Waals surface area contributed by atoms with Crippen molar-refractivity contribution in [3.8, 4) is 0 Å². The number of fused-ring (bicyclic) bond motifs is 1. The molecule has 4 heteroatoms. The number of nitrogens with zero attached hydrogens (tertiary/aromatic N) is 1. The lowest BCUT2D eigenvalue weighted by atomic mass is 10.0. The molecular formula is C17H26N2O2. The third-order valence-corrected chi connectivity index (χ3v) is 3.89. The molecule has 2 rings (SSSR count). The van der Waals surface area contributed by atoms with Crippen molar-refractivity contribution >= 4 is 11.6 Å². The molecule has 0 aromatic heterocycles. The van der Waals surface area contributed by atoms with Crippen molar-refractivity contribution in [2.24, 2.45) is 0 Å². The summed E-state index contributed by atoms with van der Waals surface area (Å²) in [5, 5.41) is 3.53. The van der Waals surface area contributed by atoms with E-state index in [0.29, 0.717) is 25.7 Å². The number of carbonyl (C=O) groups is 1. The first-order valence-corrected chi connectivity index (χ1v) is 7.98. The molecule has 0 aliphatic carbocycles. The molecule has 0 bridgehead atoms. The lowest BCUT2D eigenvalue weighted by Gasteiger charge is -2.24. The van der Waals surface area contributed by atoms with Gasteiger partial charge in [0.2, 0.25) is 5.91 Å². The van der Waals surface area contributed by atoms with Gasteiger partial charge in [-0.15, -0.1) is 0 Å². The van der Waals surface area contributed by atoms with E-state index in [-0.39, 0.29) is 5.91 Å². The molecule has 21 heavy (non-hydrogen) atoms. The molecule has 1 atom stereocenters. The smallest absolute Gasteiger partial charge is 0.229 e. The number of anilines is 1. The molecule has 1 unspecified atom stereocenters. The monoisotopic (exact) mass is 290 g/mol. The van der Waals surface area contributed by atoms with Crippen LogP contribution in [0.4, 0.5) is 5.69 Å². The number of nitrogens with one attached hydrogen (secondary N) is 1. The van der Waals surface area contributed by atoms with E-state index in [1.54, 1.807) is 0 Å². The number of benzene rings is 1. The van der Waals surface area contributed by atoms with E-state index in [9.17, 15) is 4.79 Å². The highest BCUT2D eigenvalue weighted by atomic mass is 16.5. The van der Waals surface area contributed by atoms with Crippen LogP contribution in [-0.2, 0) is 9.53 Å². The van der Waals surface area contributed by atoms with Gasteiger partial charge in [0.05, 0.1) is 13.0 Å². The SMILES string of the molecule is CCNC1CCCN(C(=O)CCOCC)c2ccccc21. The number of para-hydroxylation sites is 1. The lowest BCUT2D eigenvalue weighted by molar-refractivity contribution is -0.119. The van der Waals surface area contributed by atoms with E-state index in [1.807, 2.05) is 17.9 Å². The topological polar surface area (TPSA) is 41.6 Å². The molecule has 0 fully saturated rings. The first-order valence-electron chi connectivity index (χ1n) is 7.98. The first-order chi connectivity index (χ1) is 10.3. The molecule has 1 aliphatic heterocycles. The molecule has 116 valence electrons. The minimum Gasteiger partial charge on any atom is -0.381 e. The minimum absolute atomic E-state index is 0.160. The molecular weight excluding hydrogens is 264 g/mol. The van der Waals surface area contributed by atoms with Gasteiger partial charge in [0, 0.05) is 24.9 Å². The van der Waals surface area contributed by atoms with Gasteiger partial charge in [0.15, 0.2) is 0 Å². The predicted molar refractivity (Wildman–Crippen MR) is 85.6 cm³/mol. The quantitative estimate of drug-likeness (QED) is 0.819. The van der Waals surface area contributed by atoms with Gasteiger partial charge in [-0.3, -0.25) is 4.79 Å². The standard InChI is InChI=1S/C17H26N2O2/c1-3-18-15-9-7-12-19(17(20)11-13-21-4-2)16-10-6-5-8-14(15)16/h5-6,8,10,15,18H,3-4,7,9,11-13H2,1-2H3. The highest BCUT2D eigenvalue weighted by Crippen LogP contribution is 2.33. The van der Waals surface area contributed by atoms with Crippen molar-refractivity contribution in [1.29, 1.82) is 0 Å². The summed E-state index contributed by atoms with van der Waals surface area (Å²) in [5.74, 6) is 0.160. The Hall–Kier alpha value is -1.39. The Kier molecular flexibility index (Phi) is 6.21. The average molecular weight is 290 g/mol. The van der Waals surface area contributed by atoms with Crippen LogP contribution >= 0.6 is 0 Å². The zero-order chi connectivity index (χ0) is 15.1. The lowest BCUT2D eigenvalue weighted by Crippen LogP contribution is -2.32. The van der Waals surface area contributed by atoms with Crippen LogP contribution in [0, 0.1) is 0 Å². The van der Waals surface area contributed by atoms with Crippen LogP contribution < -0.4 is 10.2 Å². The number of amides is 1. The molecule has 1 aromatic rings. The van der Waals surface area contributed by atoms with E-state index in [1.165, 1.54) is 5.56 Å². The Morgan fingerprint density at radius 2 is 2.19 bits per heavy atom. The summed E-state index contributed by atoms with van der Waals surface area (Å²) in [5.41, 5.74) is 2.30. The summed E-state index contributed by atoms with van der Waals surface area (Å²) in [4.78, 5) is 14.4. The van der Waals surface area contributed by atoms with E-state index in [0.717, 1.165) is 31.6 Å². The maximum Gasteiger partial charge on any atom is 0.229 e. The van der Waals surface area contributed by atoms with E-state index in [2.05, 4.69) is 30.4 Å². The molecule has 1 amide bonds. The van der Waals surface area contributed by atoms with Crippen molar-refractivity contribution in [2.75, 3.05) is 31.2 Å². The average Bonchev–Trinajstić information content (AvgIpc) is 2.68. The fraction of sp³-hybridized carbons (Fsp3) is 0.588. The highest BCUT2D eigenvalue weighted by Gasteiger charge is 2.25. The molecule has 0 saturated carbocycles. The number of ether oxygens (including phenoxy) is 1. The van der Waals surface area contributed by atoms with Crippen LogP contribution in [0.3, 0.4) is 0 Å². The van der Waals surface area contributed by atoms with Gasteiger partial charge < -0.3 is 15.0 Å². The first kappa shape index (κ1) is 16.0. The molecule has 1 heterocycles. The zero-order valence-electron chi connectivity index (χ0n) is 13.1. The maximum atomic E-state index is 12.5. The Labute approximate surface area is 127 Å². The molecule has 0 radical (unpaired) electrons. The molecule has 0 spiro atoms. The van der Waals surface area contributed by atoms with Gasteiger partial charge in [0.1, 0.15) is 0 Å². The summed E-state index contributed by atoms with van der Waals surface area (Å²) < 4.78 is 5.31. The van der Waals surface area contributed by atoms with Crippen LogP contribution in [0.1, 0.15) is 44.7 Å². The third-order valence-electron chi connectivity index (χ3n) is 3.89. The fourth-order valence-electron chi connectivity index (χ4n) is 2.91. The van der Waals surface area contributed by atoms with Crippen LogP contribution in [0.5, 0.6) is 0 Å². The van der Waals surface area contributed by atoms with E-state index < -0.39 is 0 Å². The Balaban J connectivity index is 2.18. The fourth-order valence-corrected chi connectivity index (χ4v) is 2.91. The number of hydrogen-bond acceptors (Lipinski definition) is 3. The van der Waals surface area contributed by atoms with Gasteiger partial charge >= 0.3 is 0 Å². The zero-order valence-corrected chi connectivity index (χ0v) is 13.1. The Morgan fingerprint density at radius 3 is 2.95 bits per heavy atom. The predicted octanol–water partition coefficient (Wildman–Crippen LogP) is 2.89. The summed E-state index contributed by atoms with van der Waals surface area (Å²) in [6.45, 7) is 6.98. The third kappa shape index (κ3) is 4.05. The van der Waals surface area contributed by atoms with Crippen LogP contribution in [0.2, 0.25) is 0 Å². The molecule has 0 saturated heterocycles. The molecule has 1 aromatic carbocycles. The second-order valence-electron chi connectivity index (χ2n) is 5.30. The summed E-state index contributed by atoms with van der Waals surface area (Å²) in [6, 6.07) is 8.60. The van der Waals surface area contributed by atoms with Crippen molar-refractivity contribution in [3.63, 3.8) is 0 Å². The number of rotatable bonds is 6. The second kappa shape index (κ2) is 8.15. The summed E-state index contributed by atoms with van der Waals surface area (Å²) in [6.07, 6.45) is 2.54. The largest absolute Gasteiger partial charge is 0.381 e. The Morgan fingerprint density at radius 1 is 1.38 bits per heavy atom. The van der Waals surface area contributed by atoms with Crippen molar-refractivity contribution in [3.05, 3.63) is 29.8 Å². The summed E-state index contributed by atoms with van der Waals surface area (Å²) in [7, 11) is 0. The van der Waals surface area contributed by atoms with Crippen molar-refractivity contribution in [2.45, 2.75) is 39.2 Å². The number of hydrogen-bond donors (Lipinski definition) is 1. The second-order valence-corrected chi connectivity index (χ2v) is 5.30. The van der Waals surface area contributed by atoms with Crippen LogP contribution in [0.15, 0.2) is 24.3 Å². The summed E-state index contributed by atoms with van der Waals surface area (Å²) >= 11 is 0. The van der Waals surface area contributed by atoms with Gasteiger partial charge in [-0.05, 0) is 37.9 Å². The number of carbonyl (C=O) groups excluding carboxylic acids is 1. The van der Waals surface area contributed by atoms with Crippen molar-refractivity contribution < 1.29 is 9.53 Å². The molecule has 1 aliphatic rings. The molecule has 4 nitrogen and oxygen atoms in total. The minimum atomic E-state index is 0.160. The van der Waals surface area contributed by atoms with Gasteiger partial charge in [-0.2, -0.15) is 0 Å². The maximum absolute atomic E-state index is 12.5. The van der Waals surface area contributed by atoms with Gasteiger partial charge in [0.25, 0.3) is 0 Å². The normalized spacial score (nSPS) is 18.2. The highest BCUT2D eigenvalue weighted by molar-refractivity contribution is 5.94. The van der Waals surface area contributed by atoms with Crippen molar-refractivity contribution in [1.82, 2.24) is 5.32 Å². The van der Waals surface area contributed by atoms with Gasteiger partial charge in [-0.1, -0.05) is 25.1 Å². The van der Waals surface area contributed by atoms with Gasteiger partial charge in [-0.25, -0.2) is 0 Å². The van der Waals surface area contributed by atoms with Crippen LogP contribution in [-0.4, -0.2) is 32.2 Å².